The maximum Gasteiger partial charge on any atom is 0.134 e. The van der Waals surface area contributed by atoms with Crippen molar-refractivity contribution >= 4 is 11.6 Å². The molecule has 84 valence electrons. The topological polar surface area (TPSA) is 84.1 Å². The molecule has 1 unspecified atom stereocenters. The third-order valence-corrected chi connectivity index (χ3v) is 2.39. The maximum absolute atomic E-state index is 9.08. The van der Waals surface area contributed by atoms with E-state index in [-0.39, 0.29) is 12.6 Å². The van der Waals surface area contributed by atoms with E-state index in [0.717, 1.165) is 24.2 Å². The highest BCUT2D eigenvalue weighted by molar-refractivity contribution is 5.55. The standard InChI is InChI=1S/C10H18N4O/c1-3-7(5-15)14-10-8(4-2)9(11)12-6-13-10/h6-7,15H,3-5H2,1-2H3,(H3,11,12,13,14). The lowest BCUT2D eigenvalue weighted by Crippen LogP contribution is -2.24. The fraction of sp³-hybridized carbons (Fsp3) is 0.600. The Hall–Kier alpha value is -1.36. The van der Waals surface area contributed by atoms with Crippen molar-refractivity contribution in [1.29, 1.82) is 0 Å². The van der Waals surface area contributed by atoms with Crippen LogP contribution in [0.4, 0.5) is 11.6 Å². The van der Waals surface area contributed by atoms with Gasteiger partial charge in [0.1, 0.15) is 18.0 Å². The molecule has 5 nitrogen and oxygen atoms in total. The summed E-state index contributed by atoms with van der Waals surface area (Å²) in [6.07, 6.45) is 3.04. The largest absolute Gasteiger partial charge is 0.394 e. The number of nitrogens with zero attached hydrogens (tertiary/aromatic N) is 2. The van der Waals surface area contributed by atoms with Crippen molar-refractivity contribution in [2.45, 2.75) is 32.7 Å². The number of anilines is 2. The van der Waals surface area contributed by atoms with Crippen LogP contribution in [0.2, 0.25) is 0 Å². The van der Waals surface area contributed by atoms with Gasteiger partial charge in [-0.25, -0.2) is 9.97 Å². The Labute approximate surface area is 89.7 Å². The number of hydrogen-bond donors (Lipinski definition) is 3. The molecule has 0 saturated heterocycles. The quantitative estimate of drug-likeness (QED) is 0.669. The Morgan fingerprint density at radius 2 is 2.20 bits per heavy atom. The second kappa shape index (κ2) is 5.50. The van der Waals surface area contributed by atoms with Crippen molar-refractivity contribution in [3.63, 3.8) is 0 Å². The minimum Gasteiger partial charge on any atom is -0.394 e. The van der Waals surface area contributed by atoms with E-state index >= 15 is 0 Å². The summed E-state index contributed by atoms with van der Waals surface area (Å²) < 4.78 is 0. The van der Waals surface area contributed by atoms with Gasteiger partial charge >= 0.3 is 0 Å². The van der Waals surface area contributed by atoms with Crippen molar-refractivity contribution in [3.8, 4) is 0 Å². The SMILES string of the molecule is CCc1c(N)ncnc1NC(CC)CO. The molecule has 1 rings (SSSR count). The van der Waals surface area contributed by atoms with Gasteiger partial charge in [0, 0.05) is 5.56 Å². The van der Waals surface area contributed by atoms with Gasteiger partial charge in [0.25, 0.3) is 0 Å². The van der Waals surface area contributed by atoms with Gasteiger partial charge < -0.3 is 16.2 Å². The van der Waals surface area contributed by atoms with Crippen LogP contribution in [-0.2, 0) is 6.42 Å². The Balaban J connectivity index is 2.88. The zero-order valence-electron chi connectivity index (χ0n) is 9.20. The minimum absolute atomic E-state index is 0.0181. The van der Waals surface area contributed by atoms with E-state index < -0.39 is 0 Å². The maximum atomic E-state index is 9.08. The molecule has 0 aliphatic heterocycles. The number of nitrogens with one attached hydrogen (secondary N) is 1. The van der Waals surface area contributed by atoms with Gasteiger partial charge in [0.05, 0.1) is 12.6 Å². The molecule has 0 aliphatic carbocycles. The average Bonchev–Trinajstić information content (AvgIpc) is 2.26. The third-order valence-electron chi connectivity index (χ3n) is 2.39. The number of nitrogen functional groups attached to an aromatic ring is 1. The third kappa shape index (κ3) is 2.79. The van der Waals surface area contributed by atoms with Gasteiger partial charge in [0.2, 0.25) is 0 Å². The molecular formula is C10H18N4O. The molecule has 1 aromatic heterocycles. The summed E-state index contributed by atoms with van der Waals surface area (Å²) in [5, 5.41) is 12.2. The highest BCUT2D eigenvalue weighted by atomic mass is 16.3. The summed E-state index contributed by atoms with van der Waals surface area (Å²) in [4.78, 5) is 8.07. The highest BCUT2D eigenvalue weighted by Gasteiger charge is 2.10. The molecule has 0 saturated carbocycles. The van der Waals surface area contributed by atoms with Gasteiger partial charge in [-0.3, -0.25) is 0 Å². The van der Waals surface area contributed by atoms with Crippen molar-refractivity contribution in [2.24, 2.45) is 0 Å². The monoisotopic (exact) mass is 210 g/mol. The lowest BCUT2D eigenvalue weighted by atomic mass is 10.2. The van der Waals surface area contributed by atoms with E-state index in [9.17, 15) is 0 Å². The van der Waals surface area contributed by atoms with E-state index in [0.29, 0.717) is 5.82 Å². The van der Waals surface area contributed by atoms with Crippen molar-refractivity contribution in [1.82, 2.24) is 9.97 Å². The molecule has 1 heterocycles. The summed E-state index contributed by atoms with van der Waals surface area (Å²) in [6.45, 7) is 4.09. The molecule has 0 fully saturated rings. The van der Waals surface area contributed by atoms with Gasteiger partial charge in [-0.2, -0.15) is 0 Å². The molecule has 0 amide bonds. The van der Waals surface area contributed by atoms with Gasteiger partial charge in [-0.1, -0.05) is 13.8 Å². The summed E-state index contributed by atoms with van der Waals surface area (Å²) in [5.41, 5.74) is 6.64. The smallest absolute Gasteiger partial charge is 0.134 e. The van der Waals surface area contributed by atoms with E-state index in [2.05, 4.69) is 15.3 Å². The molecule has 0 radical (unpaired) electrons. The van der Waals surface area contributed by atoms with Crippen LogP contribution in [0.3, 0.4) is 0 Å². The van der Waals surface area contributed by atoms with Crippen LogP contribution in [0.15, 0.2) is 6.33 Å². The lowest BCUT2D eigenvalue weighted by Gasteiger charge is -2.17. The van der Waals surface area contributed by atoms with Crippen LogP contribution in [0.5, 0.6) is 0 Å². The van der Waals surface area contributed by atoms with Crippen molar-refractivity contribution in [3.05, 3.63) is 11.9 Å². The van der Waals surface area contributed by atoms with Crippen molar-refractivity contribution in [2.75, 3.05) is 17.7 Å². The second-order valence-electron chi connectivity index (χ2n) is 3.37. The first-order valence-corrected chi connectivity index (χ1v) is 5.19. The molecule has 1 atom stereocenters. The number of aliphatic hydroxyl groups excluding tert-OH is 1. The Bertz CT molecular complexity index is 312. The molecule has 1 aromatic rings. The first kappa shape index (κ1) is 11.7. The van der Waals surface area contributed by atoms with Gasteiger partial charge in [0.15, 0.2) is 0 Å². The minimum atomic E-state index is 0.0181. The van der Waals surface area contributed by atoms with Crippen molar-refractivity contribution < 1.29 is 5.11 Å². The summed E-state index contributed by atoms with van der Waals surface area (Å²) in [6, 6.07) is 0.0181. The number of hydrogen-bond acceptors (Lipinski definition) is 5. The molecule has 0 aliphatic rings. The molecule has 15 heavy (non-hydrogen) atoms. The number of nitrogens with two attached hydrogens (primary N) is 1. The zero-order chi connectivity index (χ0) is 11.3. The van der Waals surface area contributed by atoms with Crippen LogP contribution in [0.25, 0.3) is 0 Å². The zero-order valence-corrected chi connectivity index (χ0v) is 9.20. The second-order valence-corrected chi connectivity index (χ2v) is 3.37. The molecule has 0 spiro atoms. The van der Waals surface area contributed by atoms with Crippen LogP contribution in [-0.4, -0.2) is 27.7 Å². The predicted molar refractivity (Wildman–Crippen MR) is 60.6 cm³/mol. The molecular weight excluding hydrogens is 192 g/mol. The van der Waals surface area contributed by atoms with Gasteiger partial charge in [-0.05, 0) is 12.8 Å². The summed E-state index contributed by atoms with van der Waals surface area (Å²) >= 11 is 0. The summed E-state index contributed by atoms with van der Waals surface area (Å²) in [7, 11) is 0. The Kier molecular flexibility index (Phi) is 4.30. The average molecular weight is 210 g/mol. The van der Waals surface area contributed by atoms with Crippen LogP contribution in [0.1, 0.15) is 25.8 Å². The molecule has 5 heteroatoms. The van der Waals surface area contributed by atoms with Crippen LogP contribution >= 0.6 is 0 Å². The van der Waals surface area contributed by atoms with E-state index in [4.69, 9.17) is 10.8 Å². The fourth-order valence-electron chi connectivity index (χ4n) is 1.37. The van der Waals surface area contributed by atoms with E-state index in [1.165, 1.54) is 6.33 Å². The summed E-state index contributed by atoms with van der Waals surface area (Å²) in [5.74, 6) is 1.23. The predicted octanol–water partition coefficient (Wildman–Crippen LogP) is 0.804. The number of aromatic nitrogens is 2. The van der Waals surface area contributed by atoms with E-state index in [1.807, 2.05) is 13.8 Å². The van der Waals surface area contributed by atoms with Gasteiger partial charge in [-0.15, -0.1) is 0 Å². The number of aliphatic hydroxyl groups is 1. The molecule has 0 aromatic carbocycles. The first-order chi connectivity index (χ1) is 7.22. The van der Waals surface area contributed by atoms with E-state index in [1.54, 1.807) is 0 Å². The molecule has 4 N–H and O–H groups in total. The Morgan fingerprint density at radius 3 is 2.73 bits per heavy atom. The number of rotatable bonds is 5. The first-order valence-electron chi connectivity index (χ1n) is 5.19. The Morgan fingerprint density at radius 1 is 1.47 bits per heavy atom. The van der Waals surface area contributed by atoms with Crippen LogP contribution in [0, 0.1) is 0 Å². The van der Waals surface area contributed by atoms with Crippen LogP contribution < -0.4 is 11.1 Å². The highest BCUT2D eigenvalue weighted by Crippen LogP contribution is 2.18. The fourth-order valence-corrected chi connectivity index (χ4v) is 1.37. The normalized spacial score (nSPS) is 12.5. The molecule has 0 bridgehead atoms. The lowest BCUT2D eigenvalue weighted by molar-refractivity contribution is 0.271.